The second kappa shape index (κ2) is 3.97. The minimum absolute atomic E-state index is 0.146. The highest BCUT2D eigenvalue weighted by Gasteiger charge is 2.06. The van der Waals surface area contributed by atoms with E-state index in [1.54, 1.807) is 18.7 Å². The van der Waals surface area contributed by atoms with Gasteiger partial charge in [0.1, 0.15) is 0 Å². The van der Waals surface area contributed by atoms with Crippen molar-refractivity contribution < 1.29 is 4.79 Å². The Balaban J connectivity index is 3.30. The molecule has 0 aliphatic rings. The summed E-state index contributed by atoms with van der Waals surface area (Å²) in [5.74, 6) is 0.146. The normalized spacial score (nSPS) is 10.2. The SMILES string of the molecule is CSc1cc(C(C)=O)c(C)cc1C. The fraction of sp³-hybridized carbons (Fsp3) is 0.364. The van der Waals surface area contributed by atoms with Gasteiger partial charge in [0.25, 0.3) is 0 Å². The predicted molar refractivity (Wildman–Crippen MR) is 57.7 cm³/mol. The summed E-state index contributed by atoms with van der Waals surface area (Å²) < 4.78 is 0. The average molecular weight is 194 g/mol. The van der Waals surface area contributed by atoms with E-state index < -0.39 is 0 Å². The third-order valence-electron chi connectivity index (χ3n) is 2.12. The molecule has 0 fully saturated rings. The molecular formula is C11H14OS. The molecule has 0 saturated heterocycles. The molecule has 0 heterocycles. The van der Waals surface area contributed by atoms with Crippen LogP contribution in [0, 0.1) is 13.8 Å². The number of hydrogen-bond acceptors (Lipinski definition) is 2. The van der Waals surface area contributed by atoms with Crippen molar-refractivity contribution in [3.63, 3.8) is 0 Å². The minimum atomic E-state index is 0.146. The van der Waals surface area contributed by atoms with Gasteiger partial charge in [-0.1, -0.05) is 6.07 Å². The lowest BCUT2D eigenvalue weighted by atomic mass is 10.0. The summed E-state index contributed by atoms with van der Waals surface area (Å²) in [5, 5.41) is 0. The van der Waals surface area contributed by atoms with E-state index in [2.05, 4.69) is 13.0 Å². The molecule has 0 aliphatic heterocycles. The summed E-state index contributed by atoms with van der Waals surface area (Å²) >= 11 is 1.68. The third kappa shape index (κ3) is 2.13. The van der Waals surface area contributed by atoms with Gasteiger partial charge in [0.2, 0.25) is 0 Å². The van der Waals surface area contributed by atoms with E-state index in [1.165, 1.54) is 10.5 Å². The molecular weight excluding hydrogens is 180 g/mol. The highest BCUT2D eigenvalue weighted by Crippen LogP contribution is 2.23. The smallest absolute Gasteiger partial charge is 0.160 e. The minimum Gasteiger partial charge on any atom is -0.295 e. The van der Waals surface area contributed by atoms with Gasteiger partial charge in [-0.15, -0.1) is 11.8 Å². The van der Waals surface area contributed by atoms with Crippen LogP contribution in [0.4, 0.5) is 0 Å². The molecule has 0 atom stereocenters. The molecule has 0 aromatic heterocycles. The Morgan fingerprint density at radius 2 is 1.85 bits per heavy atom. The first-order chi connectivity index (χ1) is 6.06. The lowest BCUT2D eigenvalue weighted by Crippen LogP contribution is -1.97. The first-order valence-electron chi connectivity index (χ1n) is 4.22. The summed E-state index contributed by atoms with van der Waals surface area (Å²) in [6.45, 7) is 5.67. The first kappa shape index (κ1) is 10.3. The van der Waals surface area contributed by atoms with Crippen LogP contribution in [0.25, 0.3) is 0 Å². The molecule has 0 amide bonds. The van der Waals surface area contributed by atoms with E-state index in [-0.39, 0.29) is 5.78 Å². The van der Waals surface area contributed by atoms with Crippen LogP contribution >= 0.6 is 11.8 Å². The number of carbonyl (C=O) groups is 1. The molecule has 2 heteroatoms. The standard InChI is InChI=1S/C11H14OS/c1-7-5-8(2)11(13-4)6-10(7)9(3)12/h5-6H,1-4H3. The van der Waals surface area contributed by atoms with Crippen LogP contribution in [-0.2, 0) is 0 Å². The van der Waals surface area contributed by atoms with E-state index in [4.69, 9.17) is 0 Å². The van der Waals surface area contributed by atoms with Crippen LogP contribution in [0.15, 0.2) is 17.0 Å². The Morgan fingerprint density at radius 3 is 2.31 bits per heavy atom. The van der Waals surface area contributed by atoms with Gasteiger partial charge in [0.05, 0.1) is 0 Å². The van der Waals surface area contributed by atoms with Gasteiger partial charge in [0.15, 0.2) is 5.78 Å². The summed E-state index contributed by atoms with van der Waals surface area (Å²) in [6.07, 6.45) is 2.03. The largest absolute Gasteiger partial charge is 0.295 e. The van der Waals surface area contributed by atoms with Crippen molar-refractivity contribution in [2.24, 2.45) is 0 Å². The van der Waals surface area contributed by atoms with Crippen LogP contribution in [0.1, 0.15) is 28.4 Å². The number of carbonyl (C=O) groups excluding carboxylic acids is 1. The van der Waals surface area contributed by atoms with Gasteiger partial charge in [0, 0.05) is 10.5 Å². The number of hydrogen-bond donors (Lipinski definition) is 0. The van der Waals surface area contributed by atoms with Gasteiger partial charge in [-0.25, -0.2) is 0 Å². The maximum absolute atomic E-state index is 11.2. The van der Waals surface area contributed by atoms with Gasteiger partial charge in [-0.2, -0.15) is 0 Å². The van der Waals surface area contributed by atoms with Crippen molar-refractivity contribution in [2.45, 2.75) is 25.7 Å². The Labute approximate surface area is 83.5 Å². The summed E-state index contributed by atoms with van der Waals surface area (Å²) in [5.41, 5.74) is 3.16. The topological polar surface area (TPSA) is 17.1 Å². The van der Waals surface area contributed by atoms with Gasteiger partial charge >= 0.3 is 0 Å². The van der Waals surface area contributed by atoms with Crippen LogP contribution in [0.2, 0.25) is 0 Å². The van der Waals surface area contributed by atoms with Crippen LogP contribution in [-0.4, -0.2) is 12.0 Å². The number of Topliss-reactive ketones (excluding diaryl/α,β-unsaturated/α-hetero) is 1. The Bertz CT molecular complexity index is 342. The Morgan fingerprint density at radius 1 is 1.23 bits per heavy atom. The van der Waals surface area contributed by atoms with Gasteiger partial charge in [-0.05, 0) is 44.2 Å². The van der Waals surface area contributed by atoms with Crippen molar-refractivity contribution in [1.29, 1.82) is 0 Å². The number of ketones is 1. The maximum Gasteiger partial charge on any atom is 0.160 e. The summed E-state index contributed by atoms with van der Waals surface area (Å²) in [6, 6.07) is 4.06. The molecule has 13 heavy (non-hydrogen) atoms. The predicted octanol–water partition coefficient (Wildman–Crippen LogP) is 3.23. The lowest BCUT2D eigenvalue weighted by Gasteiger charge is -2.07. The molecule has 0 spiro atoms. The van der Waals surface area contributed by atoms with E-state index in [1.807, 2.05) is 19.2 Å². The van der Waals surface area contributed by atoms with E-state index >= 15 is 0 Å². The molecule has 0 aliphatic carbocycles. The fourth-order valence-electron chi connectivity index (χ4n) is 1.43. The molecule has 0 radical (unpaired) electrons. The van der Waals surface area contributed by atoms with Crippen molar-refractivity contribution in [2.75, 3.05) is 6.26 Å². The van der Waals surface area contributed by atoms with Gasteiger partial charge < -0.3 is 0 Å². The molecule has 1 aromatic rings. The first-order valence-corrected chi connectivity index (χ1v) is 5.45. The average Bonchev–Trinajstić information content (AvgIpc) is 2.03. The molecule has 0 bridgehead atoms. The van der Waals surface area contributed by atoms with Crippen LogP contribution in [0.3, 0.4) is 0 Å². The Hall–Kier alpha value is -0.760. The highest BCUT2D eigenvalue weighted by atomic mass is 32.2. The number of thioether (sulfide) groups is 1. The molecule has 70 valence electrons. The molecule has 1 aromatic carbocycles. The third-order valence-corrected chi connectivity index (χ3v) is 3.00. The molecule has 1 rings (SSSR count). The maximum atomic E-state index is 11.2. The molecule has 1 nitrogen and oxygen atoms in total. The zero-order valence-electron chi connectivity index (χ0n) is 8.47. The van der Waals surface area contributed by atoms with E-state index in [9.17, 15) is 4.79 Å². The molecule has 0 saturated carbocycles. The highest BCUT2D eigenvalue weighted by molar-refractivity contribution is 7.98. The van der Waals surface area contributed by atoms with Crippen molar-refractivity contribution >= 4 is 17.5 Å². The summed E-state index contributed by atoms with van der Waals surface area (Å²) in [7, 11) is 0. The number of benzene rings is 1. The quantitative estimate of drug-likeness (QED) is 0.531. The lowest BCUT2D eigenvalue weighted by molar-refractivity contribution is 0.101. The Kier molecular flexibility index (Phi) is 3.15. The number of aryl methyl sites for hydroxylation is 2. The summed E-state index contributed by atoms with van der Waals surface area (Å²) in [4.78, 5) is 12.4. The second-order valence-corrected chi connectivity index (χ2v) is 4.04. The van der Waals surface area contributed by atoms with Crippen molar-refractivity contribution in [3.05, 3.63) is 28.8 Å². The fourth-order valence-corrected chi connectivity index (χ4v) is 2.05. The van der Waals surface area contributed by atoms with Crippen LogP contribution < -0.4 is 0 Å². The monoisotopic (exact) mass is 194 g/mol. The zero-order valence-corrected chi connectivity index (χ0v) is 9.29. The van der Waals surface area contributed by atoms with E-state index in [0.717, 1.165) is 11.1 Å². The van der Waals surface area contributed by atoms with Crippen molar-refractivity contribution in [3.8, 4) is 0 Å². The zero-order chi connectivity index (χ0) is 10.0. The molecule has 0 unspecified atom stereocenters. The van der Waals surface area contributed by atoms with E-state index in [0.29, 0.717) is 0 Å². The molecule has 0 N–H and O–H groups in total. The number of rotatable bonds is 2. The second-order valence-electron chi connectivity index (χ2n) is 3.19. The van der Waals surface area contributed by atoms with Crippen molar-refractivity contribution in [1.82, 2.24) is 0 Å². The van der Waals surface area contributed by atoms with Crippen LogP contribution in [0.5, 0.6) is 0 Å². The van der Waals surface area contributed by atoms with Gasteiger partial charge in [-0.3, -0.25) is 4.79 Å².